The summed E-state index contributed by atoms with van der Waals surface area (Å²) >= 11 is 0. The monoisotopic (exact) mass is 156 g/mol. The van der Waals surface area contributed by atoms with Gasteiger partial charge in [-0.1, -0.05) is 0 Å². The fraction of sp³-hybridized carbons (Fsp3) is 1.00. The molecule has 0 aromatic carbocycles. The number of piperidine rings is 1. The number of aliphatic hydroxyl groups is 1. The summed E-state index contributed by atoms with van der Waals surface area (Å²) < 4.78 is 0. The second kappa shape index (κ2) is 2.44. The molecule has 11 heavy (non-hydrogen) atoms. The fourth-order valence-electron chi connectivity index (χ4n) is 2.26. The van der Waals surface area contributed by atoms with Crippen LogP contribution in [0.25, 0.3) is 0 Å². The Morgan fingerprint density at radius 1 is 1.27 bits per heavy atom. The van der Waals surface area contributed by atoms with Crippen molar-refractivity contribution >= 4 is 0 Å². The van der Waals surface area contributed by atoms with E-state index in [0.717, 1.165) is 25.7 Å². The van der Waals surface area contributed by atoms with E-state index in [1.807, 2.05) is 0 Å². The zero-order valence-electron chi connectivity index (χ0n) is 6.31. The van der Waals surface area contributed by atoms with Crippen LogP contribution in [-0.4, -0.2) is 28.3 Å². The van der Waals surface area contributed by atoms with Crippen molar-refractivity contribution in [2.45, 2.75) is 43.9 Å². The molecule has 2 saturated heterocycles. The second-order valence-corrected chi connectivity index (χ2v) is 3.47. The molecule has 2 aliphatic heterocycles. The average Bonchev–Trinajstić information content (AvgIpc) is 2.23. The topological polar surface area (TPSA) is 52.9 Å². The van der Waals surface area contributed by atoms with Gasteiger partial charge in [-0.3, -0.25) is 5.01 Å². The molecule has 1 unspecified atom stereocenters. The zero-order valence-corrected chi connectivity index (χ0v) is 6.31. The van der Waals surface area contributed by atoms with Crippen LogP contribution in [-0.2, 0) is 0 Å². The van der Waals surface area contributed by atoms with Gasteiger partial charge in [0.15, 0.2) is 0 Å². The molecule has 0 saturated carbocycles. The molecule has 0 aromatic heterocycles. The van der Waals surface area contributed by atoms with Crippen LogP contribution in [0.2, 0.25) is 0 Å². The van der Waals surface area contributed by atoms with E-state index in [4.69, 9.17) is 0 Å². The van der Waals surface area contributed by atoms with E-state index in [0.29, 0.717) is 0 Å². The number of nitroso groups, excluding NO2 is 1. The van der Waals surface area contributed by atoms with Gasteiger partial charge in [-0.05, 0) is 25.7 Å². The quantitative estimate of drug-likeness (QED) is 0.567. The molecule has 0 amide bonds. The number of fused-ring (bicyclic) bond motifs is 2. The van der Waals surface area contributed by atoms with Crippen molar-refractivity contribution in [3.8, 4) is 0 Å². The van der Waals surface area contributed by atoms with Gasteiger partial charge >= 0.3 is 0 Å². The maximum Gasteiger partial charge on any atom is 0.0580 e. The molecule has 2 rings (SSSR count). The highest BCUT2D eigenvalue weighted by Gasteiger charge is 2.40. The van der Waals surface area contributed by atoms with Crippen LogP contribution in [0.1, 0.15) is 25.7 Å². The van der Waals surface area contributed by atoms with Gasteiger partial charge < -0.3 is 5.11 Å². The van der Waals surface area contributed by atoms with Gasteiger partial charge in [0.05, 0.1) is 23.5 Å². The Morgan fingerprint density at radius 2 is 1.82 bits per heavy atom. The minimum absolute atomic E-state index is 0.203. The first-order valence-electron chi connectivity index (χ1n) is 4.11. The number of hydrogen-bond donors (Lipinski definition) is 1. The first kappa shape index (κ1) is 7.03. The average molecular weight is 156 g/mol. The Hall–Kier alpha value is -0.640. The van der Waals surface area contributed by atoms with Crippen molar-refractivity contribution in [1.82, 2.24) is 5.01 Å². The minimum Gasteiger partial charge on any atom is -0.393 e. The lowest BCUT2D eigenvalue weighted by molar-refractivity contribution is 0.0360. The first-order chi connectivity index (χ1) is 5.31. The summed E-state index contributed by atoms with van der Waals surface area (Å²) in [4.78, 5) is 10.3. The molecule has 2 aliphatic rings. The second-order valence-electron chi connectivity index (χ2n) is 3.47. The standard InChI is InChI=1S/C7H12N2O2/c10-7-3-5-1-2-6(4-7)9(5)8-11/h5-7,10H,1-4H2/t5-,6+,7?. The molecular weight excluding hydrogens is 144 g/mol. The van der Waals surface area contributed by atoms with Crippen LogP contribution in [0.5, 0.6) is 0 Å². The van der Waals surface area contributed by atoms with Crippen LogP contribution in [0.15, 0.2) is 5.29 Å². The third-order valence-corrected chi connectivity index (χ3v) is 2.76. The van der Waals surface area contributed by atoms with Gasteiger partial charge in [0.1, 0.15) is 0 Å². The molecule has 2 heterocycles. The summed E-state index contributed by atoms with van der Waals surface area (Å²) in [7, 11) is 0. The maximum atomic E-state index is 10.3. The number of nitrogens with zero attached hydrogens (tertiary/aromatic N) is 2. The van der Waals surface area contributed by atoms with E-state index >= 15 is 0 Å². The highest BCUT2D eigenvalue weighted by molar-refractivity contribution is 4.93. The zero-order chi connectivity index (χ0) is 7.84. The van der Waals surface area contributed by atoms with Crippen molar-refractivity contribution in [3.05, 3.63) is 4.91 Å². The third kappa shape index (κ3) is 1.01. The Kier molecular flexibility index (Phi) is 1.56. The smallest absolute Gasteiger partial charge is 0.0580 e. The molecular formula is C7H12N2O2. The Labute approximate surface area is 65.1 Å². The van der Waals surface area contributed by atoms with Crippen LogP contribution in [0.3, 0.4) is 0 Å². The minimum atomic E-state index is -0.203. The highest BCUT2D eigenvalue weighted by atomic mass is 16.3. The fourth-order valence-corrected chi connectivity index (χ4v) is 2.26. The van der Waals surface area contributed by atoms with Crippen molar-refractivity contribution in [1.29, 1.82) is 0 Å². The summed E-state index contributed by atoms with van der Waals surface area (Å²) in [6.07, 6.45) is 3.29. The largest absolute Gasteiger partial charge is 0.393 e. The van der Waals surface area contributed by atoms with Crippen LogP contribution >= 0.6 is 0 Å². The van der Waals surface area contributed by atoms with E-state index in [2.05, 4.69) is 5.29 Å². The molecule has 0 aromatic rings. The van der Waals surface area contributed by atoms with Gasteiger partial charge in [-0.15, -0.1) is 4.91 Å². The summed E-state index contributed by atoms with van der Waals surface area (Å²) in [6, 6.07) is 0.447. The van der Waals surface area contributed by atoms with Gasteiger partial charge in [-0.2, -0.15) is 0 Å². The summed E-state index contributed by atoms with van der Waals surface area (Å²) in [5.74, 6) is 0. The summed E-state index contributed by atoms with van der Waals surface area (Å²) in [5.41, 5.74) is 0. The number of hydrogen-bond acceptors (Lipinski definition) is 3. The Balaban J connectivity index is 2.12. The van der Waals surface area contributed by atoms with E-state index < -0.39 is 0 Å². The normalized spacial score (nSPS) is 42.6. The third-order valence-electron chi connectivity index (χ3n) is 2.76. The van der Waals surface area contributed by atoms with Crippen molar-refractivity contribution in [2.24, 2.45) is 5.29 Å². The number of aliphatic hydroxyl groups excluding tert-OH is 1. The molecule has 2 bridgehead atoms. The Morgan fingerprint density at radius 3 is 2.27 bits per heavy atom. The van der Waals surface area contributed by atoms with E-state index in [-0.39, 0.29) is 18.2 Å². The Bertz CT molecular complexity index is 160. The molecule has 0 aliphatic carbocycles. The summed E-state index contributed by atoms with van der Waals surface area (Å²) in [6.45, 7) is 0. The highest BCUT2D eigenvalue weighted by Crippen LogP contribution is 2.35. The lowest BCUT2D eigenvalue weighted by atomic mass is 10.0. The molecule has 0 radical (unpaired) electrons. The molecule has 4 heteroatoms. The van der Waals surface area contributed by atoms with E-state index in [1.165, 1.54) is 0 Å². The molecule has 0 spiro atoms. The van der Waals surface area contributed by atoms with Gasteiger partial charge in [0.2, 0.25) is 0 Å². The summed E-state index contributed by atoms with van der Waals surface area (Å²) in [5, 5.41) is 13.9. The van der Waals surface area contributed by atoms with Crippen molar-refractivity contribution < 1.29 is 5.11 Å². The van der Waals surface area contributed by atoms with Gasteiger partial charge in [-0.25, -0.2) is 0 Å². The number of rotatable bonds is 1. The molecule has 4 nitrogen and oxygen atoms in total. The maximum absolute atomic E-state index is 10.3. The van der Waals surface area contributed by atoms with Crippen molar-refractivity contribution in [2.75, 3.05) is 0 Å². The van der Waals surface area contributed by atoms with Gasteiger partial charge in [0.25, 0.3) is 0 Å². The van der Waals surface area contributed by atoms with Gasteiger partial charge in [0, 0.05) is 0 Å². The van der Waals surface area contributed by atoms with Crippen LogP contribution in [0.4, 0.5) is 0 Å². The molecule has 62 valence electrons. The van der Waals surface area contributed by atoms with Crippen LogP contribution < -0.4 is 0 Å². The molecule has 1 N–H and O–H groups in total. The predicted molar refractivity (Wildman–Crippen MR) is 39.7 cm³/mol. The lowest BCUT2D eigenvalue weighted by Gasteiger charge is -2.31. The lowest BCUT2D eigenvalue weighted by Crippen LogP contribution is -2.40. The van der Waals surface area contributed by atoms with Crippen LogP contribution in [0, 0.1) is 4.91 Å². The first-order valence-corrected chi connectivity index (χ1v) is 4.11. The predicted octanol–water partition coefficient (Wildman–Crippen LogP) is 0.655. The molecule has 2 fully saturated rings. The SMILES string of the molecule is O=NN1[C@@H]2CC[C@H]1CC(O)C2. The molecule has 3 atom stereocenters. The van der Waals surface area contributed by atoms with Crippen molar-refractivity contribution in [3.63, 3.8) is 0 Å². The van der Waals surface area contributed by atoms with E-state index in [1.54, 1.807) is 5.01 Å². The van der Waals surface area contributed by atoms with E-state index in [9.17, 15) is 10.0 Å².